The number of nitrogens with zero attached hydrogens (tertiary/aromatic N) is 1. The van der Waals surface area contributed by atoms with Gasteiger partial charge < -0.3 is 10.2 Å². The van der Waals surface area contributed by atoms with Gasteiger partial charge in [0.05, 0.1) is 5.92 Å². The monoisotopic (exact) mass is 241 g/mol. The van der Waals surface area contributed by atoms with Gasteiger partial charge in [0.1, 0.15) is 10.6 Å². The van der Waals surface area contributed by atoms with Crippen LogP contribution in [-0.2, 0) is 10.4 Å². The summed E-state index contributed by atoms with van der Waals surface area (Å²) in [6.07, 6.45) is 2.06. The highest BCUT2D eigenvalue weighted by atomic mass is 32.1. The van der Waals surface area contributed by atoms with Crippen LogP contribution in [0.4, 0.5) is 0 Å². The fraction of sp³-hybridized carbons (Fsp3) is 0.636. The van der Waals surface area contributed by atoms with Crippen molar-refractivity contribution in [3.05, 3.63) is 16.1 Å². The Morgan fingerprint density at radius 2 is 2.19 bits per heavy atom. The highest BCUT2D eigenvalue weighted by molar-refractivity contribution is 7.09. The number of hydrogen-bond donors (Lipinski definition) is 2. The molecule has 4 nitrogen and oxygen atoms in total. The average Bonchev–Trinajstić information content (AvgIpc) is 2.66. The molecule has 0 radical (unpaired) electrons. The fourth-order valence-electron chi connectivity index (χ4n) is 2.12. The van der Waals surface area contributed by atoms with E-state index in [2.05, 4.69) is 4.98 Å². The van der Waals surface area contributed by atoms with Gasteiger partial charge in [-0.2, -0.15) is 0 Å². The first-order valence-corrected chi connectivity index (χ1v) is 6.27. The Bertz CT molecular complexity index is 394. The topological polar surface area (TPSA) is 70.4 Å². The van der Waals surface area contributed by atoms with Crippen LogP contribution in [0.25, 0.3) is 0 Å². The van der Waals surface area contributed by atoms with Crippen molar-refractivity contribution in [3.63, 3.8) is 0 Å². The van der Waals surface area contributed by atoms with Crippen molar-refractivity contribution >= 4 is 17.3 Å². The Morgan fingerprint density at radius 1 is 1.56 bits per heavy atom. The normalized spacial score (nSPS) is 30.2. The van der Waals surface area contributed by atoms with E-state index in [-0.39, 0.29) is 5.92 Å². The third-order valence-electron chi connectivity index (χ3n) is 3.18. The molecule has 1 aliphatic rings. The van der Waals surface area contributed by atoms with E-state index in [9.17, 15) is 9.90 Å². The summed E-state index contributed by atoms with van der Waals surface area (Å²) >= 11 is 1.46. The zero-order valence-corrected chi connectivity index (χ0v) is 9.96. The van der Waals surface area contributed by atoms with Gasteiger partial charge in [-0.05, 0) is 32.6 Å². The predicted octanol–water partition coefficient (Wildman–Crippen LogP) is 1.91. The quantitative estimate of drug-likeness (QED) is 0.829. The summed E-state index contributed by atoms with van der Waals surface area (Å²) in [7, 11) is 0. The number of carboxylic acids is 1. The molecule has 0 unspecified atom stereocenters. The van der Waals surface area contributed by atoms with Gasteiger partial charge in [0.25, 0.3) is 0 Å². The summed E-state index contributed by atoms with van der Waals surface area (Å²) in [5.74, 6) is -1.06. The minimum absolute atomic E-state index is 0.304. The molecule has 0 saturated heterocycles. The van der Waals surface area contributed by atoms with Gasteiger partial charge in [0.15, 0.2) is 0 Å². The number of rotatable bonds is 2. The molecule has 0 aliphatic heterocycles. The van der Waals surface area contributed by atoms with Gasteiger partial charge in [-0.25, -0.2) is 4.98 Å². The molecule has 88 valence electrons. The maximum atomic E-state index is 10.8. The lowest BCUT2D eigenvalue weighted by atomic mass is 9.79. The first kappa shape index (κ1) is 11.5. The van der Waals surface area contributed by atoms with E-state index in [4.69, 9.17) is 5.11 Å². The van der Waals surface area contributed by atoms with E-state index in [1.54, 1.807) is 0 Å². The Balaban J connectivity index is 2.09. The maximum absolute atomic E-state index is 10.8. The van der Waals surface area contributed by atoms with Crippen molar-refractivity contribution in [1.82, 2.24) is 4.98 Å². The minimum atomic E-state index is -0.898. The van der Waals surface area contributed by atoms with Crippen molar-refractivity contribution in [2.24, 2.45) is 5.92 Å². The summed E-state index contributed by atoms with van der Waals surface area (Å²) < 4.78 is 0. The summed E-state index contributed by atoms with van der Waals surface area (Å²) in [5.41, 5.74) is 0.0130. The first-order chi connectivity index (χ1) is 7.51. The molecule has 0 amide bonds. The number of thiazole rings is 1. The van der Waals surface area contributed by atoms with E-state index < -0.39 is 11.6 Å². The van der Waals surface area contributed by atoms with Crippen LogP contribution in [-0.4, -0.2) is 21.2 Å². The number of hydrogen-bond acceptors (Lipinski definition) is 4. The molecule has 0 aromatic carbocycles. The summed E-state index contributed by atoms with van der Waals surface area (Å²) in [6.45, 7) is 1.90. The molecule has 0 spiro atoms. The van der Waals surface area contributed by atoms with E-state index in [0.717, 1.165) is 10.7 Å². The van der Waals surface area contributed by atoms with Crippen LogP contribution >= 0.6 is 11.3 Å². The molecule has 16 heavy (non-hydrogen) atoms. The molecular formula is C11H15NO3S. The van der Waals surface area contributed by atoms with Crippen LogP contribution in [0, 0.1) is 12.8 Å². The second kappa shape index (κ2) is 4.14. The third-order valence-corrected chi connectivity index (χ3v) is 4.33. The second-order valence-corrected chi connectivity index (χ2v) is 5.30. The Labute approximate surface area is 98.0 Å². The largest absolute Gasteiger partial charge is 0.481 e. The standard InChI is InChI=1S/C11H15NO3S/c1-7-6-16-10(12-7)11(15)4-2-8(3-5-11)9(13)14/h6,8,15H,2-5H2,1H3,(H,13,14). The highest BCUT2D eigenvalue weighted by Crippen LogP contribution is 2.40. The molecule has 1 aromatic heterocycles. The molecule has 5 heteroatoms. The van der Waals surface area contributed by atoms with Crippen LogP contribution in [0.2, 0.25) is 0 Å². The van der Waals surface area contributed by atoms with Crippen molar-refractivity contribution < 1.29 is 15.0 Å². The number of carbonyl (C=O) groups is 1. The lowest BCUT2D eigenvalue weighted by molar-refractivity contribution is -0.145. The van der Waals surface area contributed by atoms with Gasteiger partial charge in [-0.3, -0.25) is 4.79 Å². The Morgan fingerprint density at radius 3 is 2.62 bits per heavy atom. The third kappa shape index (κ3) is 2.10. The molecule has 2 rings (SSSR count). The smallest absolute Gasteiger partial charge is 0.306 e. The zero-order valence-electron chi connectivity index (χ0n) is 9.14. The maximum Gasteiger partial charge on any atom is 0.306 e. The zero-order chi connectivity index (χ0) is 11.8. The van der Waals surface area contributed by atoms with E-state index in [0.29, 0.717) is 25.7 Å². The second-order valence-electron chi connectivity index (χ2n) is 4.44. The lowest BCUT2D eigenvalue weighted by Gasteiger charge is -2.32. The molecule has 1 heterocycles. The van der Waals surface area contributed by atoms with E-state index in [1.165, 1.54) is 11.3 Å². The van der Waals surface area contributed by atoms with Gasteiger partial charge in [0.2, 0.25) is 0 Å². The summed E-state index contributed by atoms with van der Waals surface area (Å²) in [6, 6.07) is 0. The number of aliphatic hydroxyl groups is 1. The van der Waals surface area contributed by atoms with Crippen LogP contribution in [0.3, 0.4) is 0 Å². The number of aryl methyl sites for hydroxylation is 1. The number of aromatic nitrogens is 1. The first-order valence-electron chi connectivity index (χ1n) is 5.39. The van der Waals surface area contributed by atoms with Gasteiger partial charge >= 0.3 is 5.97 Å². The van der Waals surface area contributed by atoms with Crippen molar-refractivity contribution in [2.75, 3.05) is 0 Å². The SMILES string of the molecule is Cc1csc(C2(O)CCC(C(=O)O)CC2)n1. The fourth-order valence-corrected chi connectivity index (χ4v) is 3.08. The van der Waals surface area contributed by atoms with Crippen molar-refractivity contribution in [2.45, 2.75) is 38.2 Å². The van der Waals surface area contributed by atoms with Crippen LogP contribution in [0.15, 0.2) is 5.38 Å². The summed E-state index contributed by atoms with van der Waals surface area (Å²) in [4.78, 5) is 15.1. The predicted molar refractivity (Wildman–Crippen MR) is 60.3 cm³/mol. The van der Waals surface area contributed by atoms with Crippen LogP contribution in [0.1, 0.15) is 36.4 Å². The van der Waals surface area contributed by atoms with Crippen molar-refractivity contribution in [3.8, 4) is 0 Å². The lowest BCUT2D eigenvalue weighted by Crippen LogP contribution is -2.33. The number of carboxylic acid groups (broad SMARTS) is 1. The molecule has 2 N–H and O–H groups in total. The number of aliphatic carboxylic acids is 1. The van der Waals surface area contributed by atoms with Gasteiger partial charge in [-0.15, -0.1) is 11.3 Å². The van der Waals surface area contributed by atoms with Crippen LogP contribution in [0.5, 0.6) is 0 Å². The van der Waals surface area contributed by atoms with Gasteiger partial charge in [-0.1, -0.05) is 0 Å². The minimum Gasteiger partial charge on any atom is -0.481 e. The molecule has 1 aromatic rings. The summed E-state index contributed by atoms with van der Waals surface area (Å²) in [5, 5.41) is 21.9. The average molecular weight is 241 g/mol. The molecule has 0 atom stereocenters. The Kier molecular flexibility index (Phi) is 2.99. The molecule has 1 saturated carbocycles. The highest BCUT2D eigenvalue weighted by Gasteiger charge is 2.39. The van der Waals surface area contributed by atoms with Gasteiger partial charge in [0, 0.05) is 11.1 Å². The van der Waals surface area contributed by atoms with E-state index in [1.807, 2.05) is 12.3 Å². The molecule has 1 fully saturated rings. The Hall–Kier alpha value is -0.940. The molecule has 1 aliphatic carbocycles. The molecular weight excluding hydrogens is 226 g/mol. The van der Waals surface area contributed by atoms with Crippen LogP contribution < -0.4 is 0 Å². The van der Waals surface area contributed by atoms with Crippen molar-refractivity contribution in [1.29, 1.82) is 0 Å². The van der Waals surface area contributed by atoms with E-state index >= 15 is 0 Å². The molecule has 0 bridgehead atoms.